The molecule has 0 atom stereocenters. The lowest BCUT2D eigenvalue weighted by Crippen LogP contribution is -2.31. The van der Waals surface area contributed by atoms with Gasteiger partial charge in [0.15, 0.2) is 0 Å². The topological polar surface area (TPSA) is 56.6 Å². The summed E-state index contributed by atoms with van der Waals surface area (Å²) >= 11 is 0. The minimum absolute atomic E-state index is 0.159. The molecule has 0 amide bonds. The molecule has 0 aliphatic heterocycles. The van der Waals surface area contributed by atoms with Crippen LogP contribution in [0.2, 0.25) is 0 Å². The van der Waals surface area contributed by atoms with Crippen LogP contribution in [0.15, 0.2) is 42.6 Å². The third-order valence-electron chi connectivity index (χ3n) is 2.89. The molecule has 0 saturated heterocycles. The summed E-state index contributed by atoms with van der Waals surface area (Å²) in [5, 5.41) is 18.2. The highest BCUT2D eigenvalue weighted by atomic mass is 19.1. The van der Waals surface area contributed by atoms with Crippen molar-refractivity contribution in [3.8, 4) is 0 Å². The molecule has 2 aromatic rings. The van der Waals surface area contributed by atoms with Gasteiger partial charge in [-0.2, -0.15) is 0 Å². The molecular formula is C14H16BFN2O2. The maximum Gasteiger partial charge on any atom is 0.488 e. The Balaban J connectivity index is 2.06. The summed E-state index contributed by atoms with van der Waals surface area (Å²) in [5.74, 6) is -0.475. The van der Waals surface area contributed by atoms with E-state index in [-0.39, 0.29) is 5.46 Å². The van der Waals surface area contributed by atoms with Crippen LogP contribution < -0.4 is 5.46 Å². The molecule has 0 saturated carbocycles. The van der Waals surface area contributed by atoms with E-state index in [2.05, 4.69) is 4.98 Å². The lowest BCUT2D eigenvalue weighted by atomic mass is 9.79. The van der Waals surface area contributed by atoms with E-state index in [1.165, 1.54) is 6.07 Å². The zero-order chi connectivity index (χ0) is 14.5. The highest BCUT2D eigenvalue weighted by Gasteiger charge is 2.14. The number of hydrogen-bond acceptors (Lipinski definition) is 4. The molecule has 2 rings (SSSR count). The average Bonchev–Trinajstić information content (AvgIpc) is 2.38. The molecule has 104 valence electrons. The van der Waals surface area contributed by atoms with Gasteiger partial charge in [0.1, 0.15) is 5.82 Å². The van der Waals surface area contributed by atoms with E-state index in [0.717, 1.165) is 11.8 Å². The Labute approximate surface area is 117 Å². The van der Waals surface area contributed by atoms with Gasteiger partial charge in [-0.25, -0.2) is 4.39 Å². The fraction of sp³-hybridized carbons (Fsp3) is 0.214. The van der Waals surface area contributed by atoms with Crippen LogP contribution in [0.5, 0.6) is 0 Å². The fourth-order valence-corrected chi connectivity index (χ4v) is 2.05. The second-order valence-corrected chi connectivity index (χ2v) is 4.76. The predicted molar refractivity (Wildman–Crippen MR) is 75.6 cm³/mol. The van der Waals surface area contributed by atoms with Crippen molar-refractivity contribution in [3.63, 3.8) is 0 Å². The summed E-state index contributed by atoms with van der Waals surface area (Å²) in [5.41, 5.74) is 1.77. The zero-order valence-electron chi connectivity index (χ0n) is 11.2. The SMILES string of the molecule is CN(Cc1cc(F)cc(B(O)O)c1)Cc1ccccn1. The number of hydrogen-bond donors (Lipinski definition) is 2. The molecule has 20 heavy (non-hydrogen) atoms. The highest BCUT2D eigenvalue weighted by molar-refractivity contribution is 6.58. The molecule has 1 aromatic heterocycles. The van der Waals surface area contributed by atoms with Crippen LogP contribution >= 0.6 is 0 Å². The lowest BCUT2D eigenvalue weighted by molar-refractivity contribution is 0.314. The van der Waals surface area contributed by atoms with Crippen molar-refractivity contribution in [2.45, 2.75) is 13.1 Å². The minimum atomic E-state index is -1.66. The van der Waals surface area contributed by atoms with E-state index in [9.17, 15) is 4.39 Å². The van der Waals surface area contributed by atoms with Gasteiger partial charge in [-0.3, -0.25) is 9.88 Å². The van der Waals surface area contributed by atoms with Crippen LogP contribution in [0.1, 0.15) is 11.3 Å². The number of aromatic nitrogens is 1. The molecule has 1 heterocycles. The molecular weight excluding hydrogens is 258 g/mol. The lowest BCUT2D eigenvalue weighted by Gasteiger charge is -2.17. The zero-order valence-corrected chi connectivity index (χ0v) is 11.2. The standard InChI is InChI=1S/C14H16BFN2O2/c1-18(10-14-4-2-3-5-17-14)9-11-6-12(15(19)20)8-13(16)7-11/h2-8,19-20H,9-10H2,1H3. The highest BCUT2D eigenvalue weighted by Crippen LogP contribution is 2.08. The van der Waals surface area contributed by atoms with E-state index in [1.807, 2.05) is 30.1 Å². The first kappa shape index (κ1) is 14.6. The van der Waals surface area contributed by atoms with Gasteiger partial charge in [-0.05, 0) is 42.3 Å². The second-order valence-electron chi connectivity index (χ2n) is 4.76. The molecule has 0 aliphatic carbocycles. The smallest absolute Gasteiger partial charge is 0.423 e. The van der Waals surface area contributed by atoms with Crippen LogP contribution in [0.4, 0.5) is 4.39 Å². The Morgan fingerprint density at radius 1 is 1.20 bits per heavy atom. The predicted octanol–water partition coefficient (Wildman–Crippen LogP) is 0.533. The van der Waals surface area contributed by atoms with Gasteiger partial charge in [0, 0.05) is 19.3 Å². The molecule has 6 heteroatoms. The first-order valence-corrected chi connectivity index (χ1v) is 6.28. The normalized spacial score (nSPS) is 10.8. The summed E-state index contributed by atoms with van der Waals surface area (Å²) in [6, 6.07) is 9.78. The van der Waals surface area contributed by atoms with E-state index < -0.39 is 12.9 Å². The summed E-state index contributed by atoms with van der Waals surface area (Å²) in [6.07, 6.45) is 1.73. The van der Waals surface area contributed by atoms with E-state index >= 15 is 0 Å². The van der Waals surface area contributed by atoms with Crippen molar-refractivity contribution in [3.05, 3.63) is 59.7 Å². The first-order chi connectivity index (χ1) is 9.54. The average molecular weight is 274 g/mol. The maximum absolute atomic E-state index is 13.4. The molecule has 4 nitrogen and oxygen atoms in total. The van der Waals surface area contributed by atoms with Gasteiger partial charge in [0.2, 0.25) is 0 Å². The largest absolute Gasteiger partial charge is 0.488 e. The molecule has 2 N–H and O–H groups in total. The Morgan fingerprint density at radius 3 is 2.65 bits per heavy atom. The minimum Gasteiger partial charge on any atom is -0.423 e. The molecule has 0 aliphatic rings. The van der Waals surface area contributed by atoms with Gasteiger partial charge < -0.3 is 10.0 Å². The Bertz CT molecular complexity index is 566. The molecule has 1 aromatic carbocycles. The third-order valence-corrected chi connectivity index (χ3v) is 2.89. The van der Waals surface area contributed by atoms with Gasteiger partial charge in [0.05, 0.1) is 5.69 Å². The van der Waals surface area contributed by atoms with Gasteiger partial charge in [0.25, 0.3) is 0 Å². The van der Waals surface area contributed by atoms with E-state index in [4.69, 9.17) is 10.0 Å². The Kier molecular flexibility index (Phi) is 4.84. The van der Waals surface area contributed by atoms with Crippen molar-refractivity contribution in [1.82, 2.24) is 9.88 Å². The van der Waals surface area contributed by atoms with Gasteiger partial charge in [-0.1, -0.05) is 12.1 Å². The molecule has 0 bridgehead atoms. The third kappa shape index (κ3) is 4.13. The number of rotatable bonds is 5. The quantitative estimate of drug-likeness (QED) is 0.781. The van der Waals surface area contributed by atoms with Crippen LogP contribution in [0.25, 0.3) is 0 Å². The molecule has 0 unspecified atom stereocenters. The van der Waals surface area contributed by atoms with Gasteiger partial charge in [-0.15, -0.1) is 0 Å². The number of benzene rings is 1. The molecule has 0 radical (unpaired) electrons. The van der Waals surface area contributed by atoms with Crippen LogP contribution in [-0.2, 0) is 13.1 Å². The fourth-order valence-electron chi connectivity index (χ4n) is 2.05. The summed E-state index contributed by atoms with van der Waals surface area (Å²) in [7, 11) is 0.236. The van der Waals surface area contributed by atoms with Crippen molar-refractivity contribution < 1.29 is 14.4 Å². The summed E-state index contributed by atoms with van der Waals surface area (Å²) in [4.78, 5) is 6.20. The van der Waals surface area contributed by atoms with E-state index in [1.54, 1.807) is 12.3 Å². The van der Waals surface area contributed by atoms with Crippen molar-refractivity contribution in [2.75, 3.05) is 7.05 Å². The van der Waals surface area contributed by atoms with Crippen LogP contribution in [-0.4, -0.2) is 34.1 Å². The number of nitrogens with zero attached hydrogens (tertiary/aromatic N) is 2. The first-order valence-electron chi connectivity index (χ1n) is 6.28. The van der Waals surface area contributed by atoms with Crippen molar-refractivity contribution in [1.29, 1.82) is 0 Å². The van der Waals surface area contributed by atoms with Crippen molar-refractivity contribution >= 4 is 12.6 Å². The maximum atomic E-state index is 13.4. The summed E-state index contributed by atoms with van der Waals surface area (Å²) in [6.45, 7) is 1.13. The second kappa shape index (κ2) is 6.61. The molecule has 0 fully saturated rings. The molecule has 0 spiro atoms. The van der Waals surface area contributed by atoms with Gasteiger partial charge >= 0.3 is 7.12 Å². The number of halogens is 1. The van der Waals surface area contributed by atoms with Crippen LogP contribution in [0.3, 0.4) is 0 Å². The monoisotopic (exact) mass is 274 g/mol. The Hall–Kier alpha value is -1.76. The van der Waals surface area contributed by atoms with Crippen molar-refractivity contribution in [2.24, 2.45) is 0 Å². The van der Waals surface area contributed by atoms with Crippen LogP contribution in [0, 0.1) is 5.82 Å². The number of pyridine rings is 1. The summed E-state index contributed by atoms with van der Waals surface area (Å²) < 4.78 is 13.4. The van der Waals surface area contributed by atoms with E-state index in [0.29, 0.717) is 18.7 Å². The Morgan fingerprint density at radius 2 is 2.00 bits per heavy atom.